The highest BCUT2D eigenvalue weighted by Gasteiger charge is 2.28. The number of halogens is 1. The molecule has 0 saturated carbocycles. The summed E-state index contributed by atoms with van der Waals surface area (Å²) in [6.45, 7) is 2.36. The van der Waals surface area contributed by atoms with Crippen molar-refractivity contribution < 1.29 is 19.7 Å². The van der Waals surface area contributed by atoms with Gasteiger partial charge < -0.3 is 20.7 Å². The van der Waals surface area contributed by atoms with E-state index >= 15 is 0 Å². The number of unbranched alkanes of at least 4 members (excludes halogenated alkanes) is 5. The first kappa shape index (κ1) is 26.3. The molecule has 0 amide bonds. The summed E-state index contributed by atoms with van der Waals surface area (Å²) in [5, 5.41) is 18.8. The lowest BCUT2D eigenvalue weighted by Crippen LogP contribution is -2.47. The SMILES string of the molecule is CCCCCCCCOc1ccc2c(c1)C(=O)c1ccc(CCC(N)(CO)CO)cc1-2.Cl. The third kappa shape index (κ3) is 6.32. The lowest BCUT2D eigenvalue weighted by atomic mass is 9.92. The Bertz CT molecular complexity index is 895. The van der Waals surface area contributed by atoms with Crippen LogP contribution in [0.1, 0.15) is 73.4 Å². The normalized spacial score (nSPS) is 12.3. The fourth-order valence-electron chi connectivity index (χ4n) is 4.02. The molecule has 0 unspecified atom stereocenters. The molecule has 1 aliphatic rings. The Labute approximate surface area is 197 Å². The van der Waals surface area contributed by atoms with Gasteiger partial charge in [-0.2, -0.15) is 0 Å². The zero-order chi connectivity index (χ0) is 22.3. The van der Waals surface area contributed by atoms with E-state index in [2.05, 4.69) is 6.92 Å². The number of aliphatic hydroxyl groups excluding tert-OH is 2. The van der Waals surface area contributed by atoms with Crippen molar-refractivity contribution in [3.8, 4) is 16.9 Å². The van der Waals surface area contributed by atoms with Crippen molar-refractivity contribution in [3.63, 3.8) is 0 Å². The van der Waals surface area contributed by atoms with Gasteiger partial charge in [0.05, 0.1) is 25.4 Å². The molecule has 32 heavy (non-hydrogen) atoms. The maximum Gasteiger partial charge on any atom is 0.194 e. The molecule has 0 aliphatic heterocycles. The smallest absolute Gasteiger partial charge is 0.194 e. The Morgan fingerprint density at radius 3 is 2.28 bits per heavy atom. The summed E-state index contributed by atoms with van der Waals surface area (Å²) in [7, 11) is 0. The van der Waals surface area contributed by atoms with Crippen molar-refractivity contribution in [2.45, 2.75) is 63.8 Å². The topological polar surface area (TPSA) is 92.8 Å². The Morgan fingerprint density at radius 2 is 1.56 bits per heavy atom. The van der Waals surface area contributed by atoms with E-state index in [0.717, 1.165) is 28.9 Å². The van der Waals surface area contributed by atoms with Gasteiger partial charge in [0.25, 0.3) is 0 Å². The zero-order valence-electron chi connectivity index (χ0n) is 18.9. The van der Waals surface area contributed by atoms with Gasteiger partial charge in [0, 0.05) is 11.1 Å². The minimum Gasteiger partial charge on any atom is -0.494 e. The largest absolute Gasteiger partial charge is 0.494 e. The molecule has 1 aliphatic carbocycles. The van der Waals surface area contributed by atoms with E-state index in [1.54, 1.807) is 0 Å². The minimum atomic E-state index is -0.991. The predicted molar refractivity (Wildman–Crippen MR) is 131 cm³/mol. The Hall–Kier alpha value is -1.92. The number of benzene rings is 2. The Morgan fingerprint density at radius 1 is 0.875 bits per heavy atom. The summed E-state index contributed by atoms with van der Waals surface area (Å²) in [4.78, 5) is 12.9. The first-order valence-corrected chi connectivity index (χ1v) is 11.5. The van der Waals surface area contributed by atoms with Gasteiger partial charge in [-0.1, -0.05) is 57.2 Å². The highest BCUT2D eigenvalue weighted by molar-refractivity contribution is 6.21. The molecule has 2 aromatic rings. The summed E-state index contributed by atoms with van der Waals surface area (Å²) in [6, 6.07) is 11.6. The summed E-state index contributed by atoms with van der Waals surface area (Å²) >= 11 is 0. The third-order valence-electron chi connectivity index (χ3n) is 6.16. The van der Waals surface area contributed by atoms with Crippen LogP contribution in [0.5, 0.6) is 5.75 Å². The molecule has 0 heterocycles. The summed E-state index contributed by atoms with van der Waals surface area (Å²) in [5.74, 6) is 0.771. The molecule has 0 bridgehead atoms. The standard InChI is InChI=1S/C26H35NO4.ClH/c1-2-3-4-5-6-7-14-31-20-9-11-21-23-15-19(12-13-26(27,17-28)18-29)8-10-22(23)25(30)24(21)16-20;/h8-11,15-16,28-29H,2-7,12-14,17-18,27H2,1H3;1H. The van der Waals surface area contributed by atoms with Crippen LogP contribution in [-0.4, -0.2) is 41.4 Å². The molecular formula is C26H36ClNO4. The maximum atomic E-state index is 12.9. The average Bonchev–Trinajstić information content (AvgIpc) is 3.08. The van der Waals surface area contributed by atoms with Crippen molar-refractivity contribution in [1.82, 2.24) is 0 Å². The second-order valence-electron chi connectivity index (χ2n) is 8.71. The summed E-state index contributed by atoms with van der Waals surface area (Å²) in [5.41, 5.74) is 9.27. The average molecular weight is 462 g/mol. The van der Waals surface area contributed by atoms with Crippen molar-refractivity contribution in [2.24, 2.45) is 5.73 Å². The van der Waals surface area contributed by atoms with Crippen LogP contribution in [0.25, 0.3) is 11.1 Å². The molecule has 0 saturated heterocycles. The first-order valence-electron chi connectivity index (χ1n) is 11.5. The molecule has 5 nitrogen and oxygen atoms in total. The molecule has 6 heteroatoms. The number of rotatable bonds is 13. The molecule has 3 rings (SSSR count). The van der Waals surface area contributed by atoms with Gasteiger partial charge in [0.2, 0.25) is 0 Å². The van der Waals surface area contributed by atoms with E-state index in [1.807, 2.05) is 36.4 Å². The van der Waals surface area contributed by atoms with E-state index in [4.69, 9.17) is 10.5 Å². The fourth-order valence-corrected chi connectivity index (χ4v) is 4.02. The Balaban J connectivity index is 0.00000363. The second-order valence-corrected chi connectivity index (χ2v) is 8.71. The molecule has 0 aromatic heterocycles. The highest BCUT2D eigenvalue weighted by Crippen LogP contribution is 2.39. The Kier molecular flexibility index (Phi) is 10.2. The number of aliphatic hydroxyl groups is 2. The monoisotopic (exact) mass is 461 g/mol. The lowest BCUT2D eigenvalue weighted by molar-refractivity contribution is 0.104. The molecule has 176 valence electrons. The molecule has 0 spiro atoms. The maximum absolute atomic E-state index is 12.9. The van der Waals surface area contributed by atoms with Crippen molar-refractivity contribution in [3.05, 3.63) is 53.1 Å². The number of hydrogen-bond donors (Lipinski definition) is 3. The van der Waals surface area contributed by atoms with Crippen LogP contribution in [0, 0.1) is 0 Å². The van der Waals surface area contributed by atoms with Gasteiger partial charge in [0.15, 0.2) is 5.78 Å². The van der Waals surface area contributed by atoms with Crippen LogP contribution in [0.3, 0.4) is 0 Å². The van der Waals surface area contributed by atoms with Gasteiger partial charge in [-0.05, 0) is 54.2 Å². The van der Waals surface area contributed by atoms with E-state index < -0.39 is 5.54 Å². The number of carbonyl (C=O) groups is 1. The van der Waals surface area contributed by atoms with Crippen molar-refractivity contribution in [1.29, 1.82) is 0 Å². The van der Waals surface area contributed by atoms with Crippen LogP contribution in [-0.2, 0) is 6.42 Å². The van der Waals surface area contributed by atoms with Crippen LogP contribution < -0.4 is 10.5 Å². The van der Waals surface area contributed by atoms with Gasteiger partial charge in [-0.3, -0.25) is 4.79 Å². The van der Waals surface area contributed by atoms with Crippen molar-refractivity contribution >= 4 is 18.2 Å². The van der Waals surface area contributed by atoms with Crippen LogP contribution in [0.15, 0.2) is 36.4 Å². The minimum absolute atomic E-state index is 0. The van der Waals surface area contributed by atoms with E-state index in [9.17, 15) is 15.0 Å². The highest BCUT2D eigenvalue weighted by atomic mass is 35.5. The van der Waals surface area contributed by atoms with Crippen LogP contribution in [0.4, 0.5) is 0 Å². The number of carbonyl (C=O) groups excluding carboxylic acids is 1. The van der Waals surface area contributed by atoms with E-state index in [0.29, 0.717) is 30.6 Å². The van der Waals surface area contributed by atoms with Gasteiger partial charge in [-0.15, -0.1) is 12.4 Å². The van der Waals surface area contributed by atoms with E-state index in [1.165, 1.54) is 32.1 Å². The van der Waals surface area contributed by atoms with E-state index in [-0.39, 0.29) is 31.4 Å². The number of aryl methyl sites for hydroxylation is 1. The van der Waals surface area contributed by atoms with Crippen LogP contribution in [0.2, 0.25) is 0 Å². The predicted octanol–water partition coefficient (Wildman–Crippen LogP) is 4.67. The number of hydrogen-bond acceptors (Lipinski definition) is 5. The molecule has 4 N–H and O–H groups in total. The number of ketones is 1. The lowest BCUT2D eigenvalue weighted by Gasteiger charge is -2.24. The second kappa shape index (κ2) is 12.4. The van der Waals surface area contributed by atoms with Crippen molar-refractivity contribution in [2.75, 3.05) is 19.8 Å². The zero-order valence-corrected chi connectivity index (χ0v) is 19.8. The quantitative estimate of drug-likeness (QED) is 0.321. The molecule has 0 radical (unpaired) electrons. The molecule has 0 fully saturated rings. The number of fused-ring (bicyclic) bond motifs is 3. The van der Waals surface area contributed by atoms with Gasteiger partial charge >= 0.3 is 0 Å². The number of nitrogens with two attached hydrogens (primary N) is 1. The third-order valence-corrected chi connectivity index (χ3v) is 6.16. The summed E-state index contributed by atoms with van der Waals surface area (Å²) < 4.78 is 5.90. The summed E-state index contributed by atoms with van der Waals surface area (Å²) in [6.07, 6.45) is 8.38. The van der Waals surface area contributed by atoms with Gasteiger partial charge in [0.1, 0.15) is 5.75 Å². The molecular weight excluding hydrogens is 426 g/mol. The van der Waals surface area contributed by atoms with Crippen LogP contribution >= 0.6 is 12.4 Å². The number of ether oxygens (including phenoxy) is 1. The fraction of sp³-hybridized carbons (Fsp3) is 0.500. The molecule has 2 aromatic carbocycles. The van der Waals surface area contributed by atoms with Gasteiger partial charge in [-0.25, -0.2) is 0 Å². The molecule has 0 atom stereocenters. The first-order chi connectivity index (χ1) is 15.0.